The van der Waals surface area contributed by atoms with Crippen molar-refractivity contribution in [3.63, 3.8) is 0 Å². The molecule has 0 aromatic heterocycles. The molecule has 2 N–H and O–H groups in total. The first kappa shape index (κ1) is 19.9. The first-order valence-electron chi connectivity index (χ1n) is 8.78. The molecule has 2 aliphatic carbocycles. The van der Waals surface area contributed by atoms with Crippen molar-refractivity contribution in [2.24, 2.45) is 28.6 Å². The highest BCUT2D eigenvalue weighted by Crippen LogP contribution is 2.44. The van der Waals surface area contributed by atoms with Crippen LogP contribution in [-0.2, 0) is 19.2 Å². The van der Waals surface area contributed by atoms with Crippen LogP contribution in [0.5, 0.6) is 0 Å². The van der Waals surface area contributed by atoms with Crippen LogP contribution >= 0.6 is 0 Å². The molecule has 6 nitrogen and oxygen atoms in total. The lowest BCUT2D eigenvalue weighted by Gasteiger charge is -2.42. The van der Waals surface area contributed by atoms with Crippen LogP contribution in [0.4, 0.5) is 0 Å². The Labute approximate surface area is 148 Å². The van der Waals surface area contributed by atoms with Gasteiger partial charge >= 0.3 is 0 Å². The molecule has 1 unspecified atom stereocenters. The molecule has 0 bridgehead atoms. The van der Waals surface area contributed by atoms with Gasteiger partial charge in [-0.2, -0.15) is 0 Å². The van der Waals surface area contributed by atoms with Gasteiger partial charge in [-0.3, -0.25) is 19.2 Å². The number of hydrogen-bond acceptors (Lipinski definition) is 6. The summed E-state index contributed by atoms with van der Waals surface area (Å²) in [6, 6.07) is 0. The Morgan fingerprint density at radius 2 is 1.08 bits per heavy atom. The number of carbonyl (C=O) groups is 4. The van der Waals surface area contributed by atoms with Crippen LogP contribution in [0.15, 0.2) is 0 Å². The van der Waals surface area contributed by atoms with E-state index in [1.54, 1.807) is 0 Å². The number of Topliss-reactive ketones (excluding diaryl/α,β-unsaturated/α-hetero) is 4. The van der Waals surface area contributed by atoms with E-state index in [0.29, 0.717) is 0 Å². The van der Waals surface area contributed by atoms with Crippen LogP contribution in [-0.4, -0.2) is 46.1 Å². The first-order chi connectivity index (χ1) is 11.4. The zero-order valence-electron chi connectivity index (χ0n) is 15.4. The van der Waals surface area contributed by atoms with E-state index in [-0.39, 0.29) is 48.8 Å². The Hall–Kier alpha value is -1.40. The predicted molar refractivity (Wildman–Crippen MR) is 89.6 cm³/mol. The zero-order chi connectivity index (χ0) is 19.2. The molecule has 1 atom stereocenters. The Bertz CT molecular complexity index is 515. The smallest absolute Gasteiger partial charge is 0.144 e. The maximum absolute atomic E-state index is 12.6. The molecule has 2 fully saturated rings. The van der Waals surface area contributed by atoms with Gasteiger partial charge in [0.2, 0.25) is 0 Å². The fourth-order valence-corrected chi connectivity index (χ4v) is 4.43. The van der Waals surface area contributed by atoms with Gasteiger partial charge in [-0.1, -0.05) is 27.7 Å². The second-order valence-corrected chi connectivity index (χ2v) is 9.18. The van der Waals surface area contributed by atoms with Crippen molar-refractivity contribution in [2.45, 2.75) is 59.5 Å². The van der Waals surface area contributed by atoms with Crippen molar-refractivity contribution in [1.82, 2.24) is 0 Å². The van der Waals surface area contributed by atoms with E-state index in [9.17, 15) is 29.4 Å². The van der Waals surface area contributed by atoms with Gasteiger partial charge in [-0.25, -0.2) is 0 Å². The van der Waals surface area contributed by atoms with Gasteiger partial charge in [-0.05, 0) is 10.8 Å². The van der Waals surface area contributed by atoms with E-state index >= 15 is 0 Å². The SMILES string of the molecule is CC1(C)CC(=O)C(C(C(O)CO)C2C(=O)CC(C)(C)CC2=O)C(=O)C1. The minimum atomic E-state index is -1.46. The van der Waals surface area contributed by atoms with Gasteiger partial charge < -0.3 is 10.2 Å². The van der Waals surface area contributed by atoms with Gasteiger partial charge in [0, 0.05) is 31.6 Å². The maximum atomic E-state index is 12.6. The number of aliphatic hydroxyl groups is 2. The van der Waals surface area contributed by atoms with E-state index in [0.717, 1.165) is 0 Å². The first-order valence-corrected chi connectivity index (χ1v) is 8.78. The maximum Gasteiger partial charge on any atom is 0.144 e. The number of ketones is 4. The van der Waals surface area contributed by atoms with E-state index in [1.165, 1.54) is 0 Å². The molecule has 0 aromatic rings. The molecular weight excluding hydrogens is 324 g/mol. The molecule has 0 aromatic carbocycles. The zero-order valence-corrected chi connectivity index (χ0v) is 15.4. The second kappa shape index (κ2) is 6.72. The highest BCUT2D eigenvalue weighted by molar-refractivity contribution is 6.10. The average Bonchev–Trinajstić information content (AvgIpc) is 2.40. The van der Waals surface area contributed by atoms with E-state index < -0.39 is 41.3 Å². The summed E-state index contributed by atoms with van der Waals surface area (Å²) in [5.74, 6) is -5.00. The lowest BCUT2D eigenvalue weighted by Crippen LogP contribution is -2.53. The Balaban J connectivity index is 2.40. The number of rotatable bonds is 4. The van der Waals surface area contributed by atoms with Crippen LogP contribution in [0.3, 0.4) is 0 Å². The third-order valence-corrected chi connectivity index (χ3v) is 5.40. The minimum absolute atomic E-state index is 0.151. The monoisotopic (exact) mass is 352 g/mol. The van der Waals surface area contributed by atoms with Crippen molar-refractivity contribution < 1.29 is 29.4 Å². The molecule has 2 aliphatic rings. The molecule has 0 aliphatic heterocycles. The summed E-state index contributed by atoms with van der Waals surface area (Å²) in [7, 11) is 0. The van der Waals surface area contributed by atoms with Gasteiger partial charge in [0.1, 0.15) is 23.1 Å². The topological polar surface area (TPSA) is 109 Å². The Kier molecular flexibility index (Phi) is 5.36. The summed E-state index contributed by atoms with van der Waals surface area (Å²) >= 11 is 0. The van der Waals surface area contributed by atoms with Crippen molar-refractivity contribution in [1.29, 1.82) is 0 Å². The fraction of sp³-hybridized carbons (Fsp3) is 0.789. The highest BCUT2D eigenvalue weighted by Gasteiger charge is 2.53. The Morgan fingerprint density at radius 3 is 1.32 bits per heavy atom. The van der Waals surface area contributed by atoms with Crippen molar-refractivity contribution in [2.75, 3.05) is 6.61 Å². The molecule has 2 saturated carbocycles. The van der Waals surface area contributed by atoms with Gasteiger partial charge in [0.25, 0.3) is 0 Å². The molecule has 140 valence electrons. The summed E-state index contributed by atoms with van der Waals surface area (Å²) in [5, 5.41) is 19.7. The van der Waals surface area contributed by atoms with Gasteiger partial charge in [0.15, 0.2) is 0 Å². The Morgan fingerprint density at radius 1 is 0.800 bits per heavy atom. The highest BCUT2D eigenvalue weighted by atomic mass is 16.3. The number of aliphatic hydroxyl groups excluding tert-OH is 2. The number of carbonyl (C=O) groups excluding carboxylic acids is 4. The quantitative estimate of drug-likeness (QED) is 0.734. The molecule has 0 heterocycles. The summed E-state index contributed by atoms with van der Waals surface area (Å²) in [6.45, 7) is 6.56. The summed E-state index contributed by atoms with van der Waals surface area (Å²) < 4.78 is 0. The largest absolute Gasteiger partial charge is 0.394 e. The van der Waals surface area contributed by atoms with E-state index in [1.807, 2.05) is 27.7 Å². The van der Waals surface area contributed by atoms with Gasteiger partial charge in [-0.15, -0.1) is 0 Å². The van der Waals surface area contributed by atoms with Gasteiger partial charge in [0.05, 0.1) is 24.5 Å². The van der Waals surface area contributed by atoms with E-state index in [2.05, 4.69) is 0 Å². The average molecular weight is 352 g/mol. The predicted octanol–water partition coefficient (Wildman–Crippen LogP) is 1.10. The summed E-state index contributed by atoms with van der Waals surface area (Å²) in [5.41, 5.74) is -0.941. The van der Waals surface area contributed by atoms with Crippen LogP contribution in [0, 0.1) is 28.6 Å². The van der Waals surface area contributed by atoms with Crippen LogP contribution < -0.4 is 0 Å². The normalized spacial score (nSPS) is 26.4. The van der Waals surface area contributed by atoms with Crippen molar-refractivity contribution in [3.05, 3.63) is 0 Å². The van der Waals surface area contributed by atoms with Crippen LogP contribution in [0.1, 0.15) is 53.4 Å². The molecule has 0 saturated heterocycles. The van der Waals surface area contributed by atoms with Crippen LogP contribution in [0.25, 0.3) is 0 Å². The lowest BCUT2D eigenvalue weighted by molar-refractivity contribution is -0.154. The third-order valence-electron chi connectivity index (χ3n) is 5.40. The van der Waals surface area contributed by atoms with Crippen molar-refractivity contribution in [3.8, 4) is 0 Å². The number of hydrogen-bond donors (Lipinski definition) is 2. The molecule has 0 amide bonds. The van der Waals surface area contributed by atoms with E-state index in [4.69, 9.17) is 0 Å². The molecule has 25 heavy (non-hydrogen) atoms. The molecule has 2 rings (SSSR count). The third kappa shape index (κ3) is 4.06. The van der Waals surface area contributed by atoms with Crippen LogP contribution in [0.2, 0.25) is 0 Å². The minimum Gasteiger partial charge on any atom is -0.394 e. The fourth-order valence-electron chi connectivity index (χ4n) is 4.43. The molecule has 0 radical (unpaired) electrons. The molecule has 0 spiro atoms. The standard InChI is InChI=1S/C19H28O6/c1-18(2)5-10(21)15(11(22)6-18)17(14(25)9-20)16-12(23)7-19(3,4)8-13(16)24/h14-17,20,25H,5-9H2,1-4H3. The van der Waals surface area contributed by atoms with Crippen molar-refractivity contribution >= 4 is 23.1 Å². The second-order valence-electron chi connectivity index (χ2n) is 9.18. The summed E-state index contributed by atoms with van der Waals surface area (Å²) in [4.78, 5) is 50.5. The molecule has 6 heteroatoms. The lowest BCUT2D eigenvalue weighted by atomic mass is 9.59. The molecular formula is C19H28O6. The summed E-state index contributed by atoms with van der Waals surface area (Å²) in [6.07, 6.45) is -0.854.